The Balaban J connectivity index is 1.21. The fraction of sp³-hybridized carbons (Fsp3) is 0.463. The number of likely N-dealkylation sites (tertiary alicyclic amines) is 1. The van der Waals surface area contributed by atoms with Crippen LogP contribution in [-0.4, -0.2) is 61.9 Å². The molecule has 6 fully saturated rings. The number of benzene rings is 2. The van der Waals surface area contributed by atoms with Crippen LogP contribution >= 0.6 is 23.2 Å². The van der Waals surface area contributed by atoms with Gasteiger partial charge in [-0.3, -0.25) is 9.48 Å². The molecule has 4 bridgehead atoms. The Morgan fingerprint density at radius 2 is 1.92 bits per heavy atom. The van der Waals surface area contributed by atoms with Gasteiger partial charge in [0.05, 0.1) is 39.8 Å². The number of halogens is 3. The predicted octanol–water partition coefficient (Wildman–Crippen LogP) is 7.83. The van der Waals surface area contributed by atoms with Crippen LogP contribution in [0, 0.1) is 48.7 Å². The largest absolute Gasteiger partial charge is 0.353 e. The molecule has 4 aliphatic heterocycles. The Labute approximate surface area is 317 Å². The molecule has 2 saturated carbocycles. The van der Waals surface area contributed by atoms with Crippen LogP contribution < -0.4 is 10.2 Å². The van der Waals surface area contributed by atoms with Crippen molar-refractivity contribution in [3.05, 3.63) is 74.9 Å². The normalized spacial score (nSPS) is 26.1. The van der Waals surface area contributed by atoms with Crippen LogP contribution in [0.1, 0.15) is 66.8 Å². The van der Waals surface area contributed by atoms with Gasteiger partial charge in [0, 0.05) is 96.0 Å². The van der Waals surface area contributed by atoms with Crippen molar-refractivity contribution in [1.29, 1.82) is 5.26 Å². The lowest BCUT2D eigenvalue weighted by atomic mass is 9.79. The van der Waals surface area contributed by atoms with E-state index in [9.17, 15) is 10.1 Å². The molecule has 53 heavy (non-hydrogen) atoms. The zero-order valence-corrected chi connectivity index (χ0v) is 31.6. The number of nitrogens with one attached hydrogen (secondary N) is 1. The van der Waals surface area contributed by atoms with Gasteiger partial charge in [-0.2, -0.15) is 10.4 Å². The number of pyridine rings is 1. The van der Waals surface area contributed by atoms with E-state index in [2.05, 4.69) is 44.8 Å². The lowest BCUT2D eigenvalue weighted by Crippen LogP contribution is -2.45. The van der Waals surface area contributed by atoms with Gasteiger partial charge in [-0.25, -0.2) is 9.37 Å². The number of nitrogens with zero attached hydrogens (tertiary/aromatic N) is 7. The Bertz CT molecular complexity index is 2380. The van der Waals surface area contributed by atoms with Crippen LogP contribution in [0.3, 0.4) is 0 Å². The third kappa shape index (κ3) is 4.99. The first-order valence-electron chi connectivity index (χ1n) is 18.9. The van der Waals surface area contributed by atoms with E-state index in [1.807, 2.05) is 24.7 Å². The second-order valence-electron chi connectivity index (χ2n) is 16.1. The van der Waals surface area contributed by atoms with Crippen LogP contribution in [0.4, 0.5) is 10.2 Å². The molecule has 2 aromatic carbocycles. The van der Waals surface area contributed by atoms with Crippen LogP contribution in [0.2, 0.25) is 10.0 Å². The van der Waals surface area contributed by atoms with Gasteiger partial charge >= 0.3 is 0 Å². The zero-order valence-electron chi connectivity index (χ0n) is 30.0. The van der Waals surface area contributed by atoms with Crippen molar-refractivity contribution in [1.82, 2.24) is 29.5 Å². The minimum atomic E-state index is -0.461. The Morgan fingerprint density at radius 3 is 2.62 bits per heavy atom. The maximum absolute atomic E-state index is 17.3. The van der Waals surface area contributed by atoms with Crippen molar-refractivity contribution in [2.24, 2.45) is 24.8 Å². The molecule has 1 N–H and O–H groups in total. The minimum absolute atomic E-state index is 0.0767. The van der Waals surface area contributed by atoms with E-state index in [1.165, 1.54) is 0 Å². The highest BCUT2D eigenvalue weighted by Gasteiger charge is 2.55. The fourth-order valence-electron chi connectivity index (χ4n) is 10.2. The minimum Gasteiger partial charge on any atom is -0.353 e. The second kappa shape index (κ2) is 12.2. The van der Waals surface area contributed by atoms with Crippen molar-refractivity contribution in [2.75, 3.05) is 24.5 Å². The van der Waals surface area contributed by atoms with E-state index in [4.69, 9.17) is 33.3 Å². The summed E-state index contributed by atoms with van der Waals surface area (Å²) in [6.45, 7) is 6.53. The molecule has 0 radical (unpaired) electrons. The molecular formula is C41H41Cl2FN8O. The Hall–Kier alpha value is -4.17. The number of hydrogen-bond acceptors (Lipinski definition) is 6. The number of piperidine rings is 1. The third-order valence-electron chi connectivity index (χ3n) is 12.9. The molecule has 2 aliphatic carbocycles. The van der Waals surface area contributed by atoms with Crippen molar-refractivity contribution < 1.29 is 9.18 Å². The summed E-state index contributed by atoms with van der Waals surface area (Å²) in [6.07, 6.45) is 4.49. The van der Waals surface area contributed by atoms with Crippen molar-refractivity contribution in [2.45, 2.75) is 76.5 Å². The number of hydrogen-bond donors (Lipinski definition) is 1. The number of aromatic nitrogens is 4. The predicted molar refractivity (Wildman–Crippen MR) is 205 cm³/mol. The first-order chi connectivity index (χ1) is 25.6. The standard InChI is InChI=1S/C41H41Cl2FN8O/c1-20-12-33(48-49(20)3)50-18-25-13-26(19-50)51(41(53)22-9-10-22)39(25)32-16-28-21(2)47-37-29(40(28)52(32)38-24-15-31(38)46-17-24)14-23(6-5-11-45)34(36(37)44)27-7-4-8-30(42)35(27)43/h4,7-8,12,14,16,22,24-26,31,38-39,46H,5-6,9-10,13,15,17-19H2,1-3H3. The van der Waals surface area contributed by atoms with E-state index in [0.717, 1.165) is 84.5 Å². The number of rotatable bonds is 7. The van der Waals surface area contributed by atoms with Gasteiger partial charge in [-0.15, -0.1) is 0 Å². The van der Waals surface area contributed by atoms with Crippen molar-refractivity contribution >= 4 is 56.7 Å². The van der Waals surface area contributed by atoms with Gasteiger partial charge in [0.25, 0.3) is 0 Å². The highest BCUT2D eigenvalue weighted by Crippen LogP contribution is 2.54. The molecule has 0 spiro atoms. The molecule has 6 atom stereocenters. The number of nitriles is 1. The van der Waals surface area contributed by atoms with E-state index in [0.29, 0.717) is 40.1 Å². The summed E-state index contributed by atoms with van der Waals surface area (Å²) in [5.74, 6) is 1.48. The van der Waals surface area contributed by atoms with Gasteiger partial charge in [0.15, 0.2) is 11.6 Å². The molecule has 272 valence electrons. The first kappa shape index (κ1) is 33.4. The Morgan fingerprint density at radius 1 is 1.09 bits per heavy atom. The molecule has 5 aromatic rings. The quantitative estimate of drug-likeness (QED) is 0.182. The van der Waals surface area contributed by atoms with E-state index in [-0.39, 0.29) is 52.8 Å². The Kier molecular flexibility index (Phi) is 7.67. The number of carbonyl (C=O) groups excluding carboxylic acids is 1. The maximum Gasteiger partial charge on any atom is 0.226 e. The average Bonchev–Trinajstić information content (AvgIpc) is 3.40. The van der Waals surface area contributed by atoms with Gasteiger partial charge in [-0.1, -0.05) is 35.3 Å². The topological polar surface area (TPSA) is 95.0 Å². The zero-order chi connectivity index (χ0) is 36.4. The number of amides is 1. The van der Waals surface area contributed by atoms with Crippen LogP contribution in [0.25, 0.3) is 32.9 Å². The van der Waals surface area contributed by atoms with E-state index < -0.39 is 5.82 Å². The highest BCUT2D eigenvalue weighted by molar-refractivity contribution is 6.43. The molecular weight excluding hydrogens is 710 g/mol. The smallest absolute Gasteiger partial charge is 0.226 e. The van der Waals surface area contributed by atoms with E-state index in [1.54, 1.807) is 18.2 Å². The van der Waals surface area contributed by atoms with Gasteiger partial charge < -0.3 is 19.7 Å². The maximum atomic E-state index is 17.3. The molecule has 12 heteroatoms. The second-order valence-corrected chi connectivity index (χ2v) is 16.9. The molecule has 6 unspecified atom stereocenters. The van der Waals surface area contributed by atoms with Crippen LogP contribution in [0.15, 0.2) is 36.4 Å². The number of aryl methyl sites for hydroxylation is 4. The summed E-state index contributed by atoms with van der Waals surface area (Å²) < 4.78 is 21.7. The molecule has 9 nitrogen and oxygen atoms in total. The highest BCUT2D eigenvalue weighted by atomic mass is 35.5. The first-order valence-corrected chi connectivity index (χ1v) is 19.7. The third-order valence-corrected chi connectivity index (χ3v) is 13.8. The number of fused-ring (bicyclic) bond motifs is 6. The summed E-state index contributed by atoms with van der Waals surface area (Å²) in [5.41, 5.74) is 5.73. The van der Waals surface area contributed by atoms with Gasteiger partial charge in [0.2, 0.25) is 5.91 Å². The fourth-order valence-corrected chi connectivity index (χ4v) is 10.6. The van der Waals surface area contributed by atoms with Crippen LogP contribution in [0.5, 0.6) is 0 Å². The average molecular weight is 752 g/mol. The summed E-state index contributed by atoms with van der Waals surface area (Å²) in [7, 11) is 1.98. The van der Waals surface area contributed by atoms with Crippen molar-refractivity contribution in [3.63, 3.8) is 0 Å². The molecule has 4 saturated heterocycles. The number of anilines is 1. The lowest BCUT2D eigenvalue weighted by Gasteiger charge is -2.40. The molecule has 7 heterocycles. The summed E-state index contributed by atoms with van der Waals surface area (Å²) in [4.78, 5) is 24.0. The molecule has 1 amide bonds. The van der Waals surface area contributed by atoms with Crippen LogP contribution in [-0.2, 0) is 18.3 Å². The van der Waals surface area contributed by atoms with Crippen molar-refractivity contribution in [3.8, 4) is 17.2 Å². The molecule has 6 aliphatic rings. The summed E-state index contributed by atoms with van der Waals surface area (Å²) >= 11 is 13.2. The summed E-state index contributed by atoms with van der Waals surface area (Å²) in [5, 5.41) is 20.6. The SMILES string of the molecule is Cc1nc2c(F)c(-c3cccc(Cl)c3Cl)c(CCC#N)cc2c2c1cc(C1C3CC(CN(c4cc(C)n(C)n4)C3)N1C(=O)C1CC1)n2C1C2CNC1C2. The lowest BCUT2D eigenvalue weighted by molar-refractivity contribution is -0.135. The van der Waals surface area contributed by atoms with Gasteiger partial charge in [0.1, 0.15) is 5.52 Å². The van der Waals surface area contributed by atoms with E-state index >= 15 is 4.39 Å². The monoisotopic (exact) mass is 750 g/mol. The molecule has 3 aromatic heterocycles. The summed E-state index contributed by atoms with van der Waals surface area (Å²) in [6, 6.07) is 14.4. The number of carbonyl (C=O) groups is 1. The molecule has 11 rings (SSSR count). The van der Waals surface area contributed by atoms with Gasteiger partial charge in [-0.05, 0) is 75.6 Å².